The van der Waals surface area contributed by atoms with Crippen molar-refractivity contribution >= 4 is 33.3 Å². The minimum Gasteiger partial charge on any atom is -0.356 e. The second kappa shape index (κ2) is 11.1. The summed E-state index contributed by atoms with van der Waals surface area (Å²) >= 11 is 1.67. The van der Waals surface area contributed by atoms with E-state index in [2.05, 4.69) is 75.5 Å². The first-order valence-corrected chi connectivity index (χ1v) is 13.0. The van der Waals surface area contributed by atoms with Crippen LogP contribution in [0, 0.1) is 12.8 Å². The summed E-state index contributed by atoms with van der Waals surface area (Å²) in [5.74, 6) is 1.29. The summed E-state index contributed by atoms with van der Waals surface area (Å²) in [6.45, 7) is 12.1. The topological polar surface area (TPSA) is 61.4 Å². The Bertz CT molecular complexity index is 1050. The highest BCUT2D eigenvalue weighted by Gasteiger charge is 2.27. The number of carbonyl (C=O) groups is 1. The molecule has 0 aliphatic carbocycles. The number of aromatic nitrogens is 2. The molecule has 0 bridgehead atoms. The molecule has 33 heavy (non-hydrogen) atoms. The molecule has 1 aliphatic heterocycles. The Hall–Kier alpha value is -2.51. The summed E-state index contributed by atoms with van der Waals surface area (Å²) in [7, 11) is 0. The number of benzene rings is 1. The van der Waals surface area contributed by atoms with Gasteiger partial charge in [-0.1, -0.05) is 43.7 Å². The Morgan fingerprint density at radius 3 is 2.58 bits per heavy atom. The van der Waals surface area contributed by atoms with E-state index in [1.165, 1.54) is 16.7 Å². The van der Waals surface area contributed by atoms with Gasteiger partial charge in [-0.05, 0) is 51.4 Å². The van der Waals surface area contributed by atoms with Gasteiger partial charge in [0.05, 0.1) is 5.39 Å². The van der Waals surface area contributed by atoms with Gasteiger partial charge < -0.3 is 15.1 Å². The van der Waals surface area contributed by atoms with Crippen LogP contribution in [0.1, 0.15) is 38.7 Å². The quantitative estimate of drug-likeness (QED) is 0.463. The van der Waals surface area contributed by atoms with Crippen LogP contribution in [-0.4, -0.2) is 60.0 Å². The molecule has 0 atom stereocenters. The first-order valence-electron chi connectivity index (χ1n) is 12.1. The molecule has 3 heterocycles. The average Bonchev–Trinajstić information content (AvgIpc) is 3.29. The lowest BCUT2D eigenvalue weighted by atomic mass is 9.95. The SMILES string of the molecule is CCN(CC)CCCNC(=O)C1CCN(c2ncnc3scc(-c4ccc(C)cc4)c23)CC1. The van der Waals surface area contributed by atoms with Crippen molar-refractivity contribution in [3.8, 4) is 11.1 Å². The summed E-state index contributed by atoms with van der Waals surface area (Å²) in [6.07, 6.45) is 4.39. The number of aryl methyl sites for hydroxylation is 1. The number of hydrogen-bond acceptors (Lipinski definition) is 6. The zero-order chi connectivity index (χ0) is 23.2. The Morgan fingerprint density at radius 2 is 1.88 bits per heavy atom. The number of amides is 1. The van der Waals surface area contributed by atoms with Crippen molar-refractivity contribution in [2.24, 2.45) is 5.92 Å². The van der Waals surface area contributed by atoms with Gasteiger partial charge in [0.15, 0.2) is 0 Å². The highest BCUT2D eigenvalue weighted by molar-refractivity contribution is 7.17. The zero-order valence-electron chi connectivity index (χ0n) is 20.0. The smallest absolute Gasteiger partial charge is 0.223 e. The molecule has 0 saturated carbocycles. The van der Waals surface area contributed by atoms with Crippen LogP contribution in [0.25, 0.3) is 21.3 Å². The predicted molar refractivity (Wildman–Crippen MR) is 138 cm³/mol. The van der Waals surface area contributed by atoms with Crippen molar-refractivity contribution in [2.45, 2.75) is 40.0 Å². The maximum Gasteiger partial charge on any atom is 0.223 e. The summed E-state index contributed by atoms with van der Waals surface area (Å²) in [5.41, 5.74) is 3.64. The number of thiophene rings is 1. The van der Waals surface area contributed by atoms with Crippen molar-refractivity contribution in [2.75, 3.05) is 44.2 Å². The highest BCUT2D eigenvalue weighted by atomic mass is 32.1. The lowest BCUT2D eigenvalue weighted by Crippen LogP contribution is -2.41. The van der Waals surface area contributed by atoms with E-state index in [4.69, 9.17) is 0 Å². The second-order valence-corrected chi connectivity index (χ2v) is 9.68. The minimum atomic E-state index is 0.0890. The highest BCUT2D eigenvalue weighted by Crippen LogP contribution is 2.38. The molecule has 1 saturated heterocycles. The van der Waals surface area contributed by atoms with E-state index in [1.807, 2.05) is 0 Å². The first-order chi connectivity index (χ1) is 16.1. The van der Waals surface area contributed by atoms with Gasteiger partial charge >= 0.3 is 0 Å². The Kier molecular flexibility index (Phi) is 7.93. The molecule has 0 unspecified atom stereocenters. The van der Waals surface area contributed by atoms with Crippen molar-refractivity contribution in [1.29, 1.82) is 0 Å². The summed E-state index contributed by atoms with van der Waals surface area (Å²) in [5, 5.41) is 6.48. The maximum absolute atomic E-state index is 12.7. The number of nitrogens with zero attached hydrogens (tertiary/aromatic N) is 4. The molecule has 3 aromatic rings. The van der Waals surface area contributed by atoms with Crippen LogP contribution >= 0.6 is 11.3 Å². The lowest BCUT2D eigenvalue weighted by molar-refractivity contribution is -0.125. The van der Waals surface area contributed by atoms with E-state index >= 15 is 0 Å². The van der Waals surface area contributed by atoms with Crippen molar-refractivity contribution in [3.63, 3.8) is 0 Å². The van der Waals surface area contributed by atoms with Crippen LogP contribution in [0.15, 0.2) is 36.0 Å². The summed E-state index contributed by atoms with van der Waals surface area (Å²) < 4.78 is 0. The van der Waals surface area contributed by atoms with Crippen LogP contribution in [-0.2, 0) is 4.79 Å². The van der Waals surface area contributed by atoms with Gasteiger partial charge in [-0.3, -0.25) is 4.79 Å². The first kappa shape index (κ1) is 23.6. The monoisotopic (exact) mass is 465 g/mol. The van der Waals surface area contributed by atoms with Crippen LogP contribution < -0.4 is 10.2 Å². The number of carbonyl (C=O) groups excluding carboxylic acids is 1. The molecule has 7 heteroatoms. The van der Waals surface area contributed by atoms with Crippen molar-refractivity contribution in [1.82, 2.24) is 20.2 Å². The van der Waals surface area contributed by atoms with Crippen LogP contribution in [0.3, 0.4) is 0 Å². The molecule has 2 aromatic heterocycles. The molecule has 1 amide bonds. The predicted octanol–water partition coefficient (Wildman–Crippen LogP) is 4.73. The van der Waals surface area contributed by atoms with Crippen LogP contribution in [0.2, 0.25) is 0 Å². The summed E-state index contributed by atoms with van der Waals surface area (Å²) in [6, 6.07) is 8.64. The normalized spacial score (nSPS) is 14.8. The lowest BCUT2D eigenvalue weighted by Gasteiger charge is -2.32. The molecular formula is C26H35N5OS. The summed E-state index contributed by atoms with van der Waals surface area (Å²) in [4.78, 5) is 27.6. The van der Waals surface area contributed by atoms with E-state index in [9.17, 15) is 4.79 Å². The molecule has 0 spiro atoms. The molecule has 4 rings (SSSR count). The fraction of sp³-hybridized carbons (Fsp3) is 0.500. The van der Waals surface area contributed by atoms with Crippen LogP contribution in [0.4, 0.5) is 5.82 Å². The third-order valence-electron chi connectivity index (χ3n) is 6.72. The number of fused-ring (bicyclic) bond motifs is 1. The molecule has 1 aromatic carbocycles. The Labute approximate surface area is 201 Å². The van der Waals surface area contributed by atoms with Crippen LogP contribution in [0.5, 0.6) is 0 Å². The molecule has 1 aliphatic rings. The average molecular weight is 466 g/mol. The van der Waals surface area contributed by atoms with E-state index in [0.717, 1.165) is 74.6 Å². The van der Waals surface area contributed by atoms with E-state index < -0.39 is 0 Å². The second-order valence-electron chi connectivity index (χ2n) is 8.83. The minimum absolute atomic E-state index is 0.0890. The Balaban J connectivity index is 1.39. The van der Waals surface area contributed by atoms with E-state index in [0.29, 0.717) is 0 Å². The largest absolute Gasteiger partial charge is 0.356 e. The number of rotatable bonds is 9. The number of hydrogen-bond donors (Lipinski definition) is 1. The van der Waals surface area contributed by atoms with Gasteiger partial charge in [0, 0.05) is 36.5 Å². The number of anilines is 1. The van der Waals surface area contributed by atoms with Gasteiger partial charge in [-0.15, -0.1) is 11.3 Å². The Morgan fingerprint density at radius 1 is 1.15 bits per heavy atom. The molecular weight excluding hydrogens is 430 g/mol. The van der Waals surface area contributed by atoms with Gasteiger partial charge in [-0.2, -0.15) is 0 Å². The molecule has 0 radical (unpaired) electrons. The van der Waals surface area contributed by atoms with Gasteiger partial charge in [0.2, 0.25) is 5.91 Å². The number of nitrogens with one attached hydrogen (secondary N) is 1. The van der Waals surface area contributed by atoms with Crippen molar-refractivity contribution < 1.29 is 4.79 Å². The van der Waals surface area contributed by atoms with E-state index in [-0.39, 0.29) is 11.8 Å². The van der Waals surface area contributed by atoms with Gasteiger partial charge in [-0.25, -0.2) is 9.97 Å². The third kappa shape index (κ3) is 5.53. The van der Waals surface area contributed by atoms with Gasteiger partial charge in [0.1, 0.15) is 17.0 Å². The molecule has 1 N–H and O–H groups in total. The number of piperidine rings is 1. The third-order valence-corrected chi connectivity index (χ3v) is 7.61. The fourth-order valence-electron chi connectivity index (χ4n) is 4.60. The maximum atomic E-state index is 12.7. The van der Waals surface area contributed by atoms with Crippen molar-refractivity contribution in [3.05, 3.63) is 41.5 Å². The van der Waals surface area contributed by atoms with Gasteiger partial charge in [0.25, 0.3) is 0 Å². The molecule has 1 fully saturated rings. The fourth-order valence-corrected chi connectivity index (χ4v) is 5.51. The van der Waals surface area contributed by atoms with E-state index in [1.54, 1.807) is 17.7 Å². The molecule has 176 valence electrons. The zero-order valence-corrected chi connectivity index (χ0v) is 20.8. The molecule has 6 nitrogen and oxygen atoms in total. The standard InChI is InChI=1S/C26H35N5OS/c1-4-30(5-2)14-6-13-27-25(32)21-11-15-31(16-12-21)24-23-22(17-33-26(23)29-18-28-24)20-9-7-19(3)8-10-20/h7-10,17-18,21H,4-6,11-16H2,1-3H3,(H,27,32).